The molecule has 0 aliphatic carbocycles. The van der Waals surface area contributed by atoms with Gasteiger partial charge < -0.3 is 4.74 Å². The van der Waals surface area contributed by atoms with E-state index in [4.69, 9.17) is 0 Å². The van der Waals surface area contributed by atoms with E-state index in [1.807, 2.05) is 0 Å². The number of halogens is 1. The normalized spacial score (nSPS) is 10.7. The maximum absolute atomic E-state index is 10.6. The standard InChI is InChI=1S/C5H7BrN2O6/c1-14-4(9)2-3-5(6,7(10)11)8(12)13/h2-3H2,1H3. The first-order valence-electron chi connectivity index (χ1n) is 3.39. The minimum atomic E-state index is -2.51. The Morgan fingerprint density at radius 2 is 1.86 bits per heavy atom. The molecule has 0 bridgehead atoms. The van der Waals surface area contributed by atoms with Gasteiger partial charge in [-0.3, -0.25) is 25.0 Å². The third-order valence-corrected chi connectivity index (χ3v) is 2.41. The lowest BCUT2D eigenvalue weighted by atomic mass is 10.2. The molecule has 0 atom stereocenters. The number of hydrogen-bond acceptors (Lipinski definition) is 6. The molecule has 8 nitrogen and oxygen atoms in total. The molecule has 9 heteroatoms. The molecular weight excluding hydrogens is 264 g/mol. The topological polar surface area (TPSA) is 113 Å². The van der Waals surface area contributed by atoms with Crippen molar-refractivity contribution < 1.29 is 19.4 Å². The summed E-state index contributed by atoms with van der Waals surface area (Å²) >= 11 is 2.37. The third kappa shape index (κ3) is 2.91. The molecule has 0 N–H and O–H groups in total. The van der Waals surface area contributed by atoms with Gasteiger partial charge in [-0.15, -0.1) is 0 Å². The largest absolute Gasteiger partial charge is 0.511 e. The molecule has 80 valence electrons. The Balaban J connectivity index is 4.47. The molecule has 0 rings (SSSR count). The first-order chi connectivity index (χ1) is 6.34. The summed E-state index contributed by atoms with van der Waals surface area (Å²) in [6.07, 6.45) is -0.969. The lowest BCUT2D eigenvalue weighted by Crippen LogP contribution is -2.40. The van der Waals surface area contributed by atoms with Gasteiger partial charge in [0.25, 0.3) is 0 Å². The summed E-state index contributed by atoms with van der Waals surface area (Å²) in [5, 5.41) is 20.7. The van der Waals surface area contributed by atoms with Gasteiger partial charge >= 0.3 is 10.5 Å². The zero-order valence-electron chi connectivity index (χ0n) is 7.14. The van der Waals surface area contributed by atoms with E-state index in [0.717, 1.165) is 7.11 Å². The van der Waals surface area contributed by atoms with Gasteiger partial charge in [0.2, 0.25) is 0 Å². The number of alkyl halides is 1. The zero-order chi connectivity index (χ0) is 11.4. The Kier molecular flexibility index (Phi) is 4.41. The average Bonchev–Trinajstić information content (AvgIpc) is 2.12. The highest BCUT2D eigenvalue weighted by atomic mass is 79.9. The molecule has 0 saturated heterocycles. The number of carbonyl (C=O) groups is 1. The number of hydrogen-bond donors (Lipinski definition) is 0. The van der Waals surface area contributed by atoms with E-state index in [1.54, 1.807) is 0 Å². The fourth-order valence-electron chi connectivity index (χ4n) is 0.612. The Bertz CT molecular complexity index is 253. The van der Waals surface area contributed by atoms with Gasteiger partial charge in [-0.1, -0.05) is 0 Å². The predicted octanol–water partition coefficient (Wildman–Crippen LogP) is 0.542. The van der Waals surface area contributed by atoms with Gasteiger partial charge in [0.05, 0.1) is 29.5 Å². The van der Waals surface area contributed by atoms with Crippen LogP contribution in [0.25, 0.3) is 0 Å². The van der Waals surface area contributed by atoms with Crippen molar-refractivity contribution in [3.63, 3.8) is 0 Å². The number of nitro groups is 2. The lowest BCUT2D eigenvalue weighted by molar-refractivity contribution is -0.759. The third-order valence-electron chi connectivity index (χ3n) is 1.43. The highest BCUT2D eigenvalue weighted by molar-refractivity contribution is 9.09. The molecule has 0 fully saturated rings. The fraction of sp³-hybridized carbons (Fsp3) is 0.800. The average molecular weight is 271 g/mol. The van der Waals surface area contributed by atoms with Crippen LogP contribution in [0.1, 0.15) is 12.8 Å². The predicted molar refractivity (Wildman–Crippen MR) is 46.9 cm³/mol. The second-order valence-electron chi connectivity index (χ2n) is 2.31. The van der Waals surface area contributed by atoms with E-state index >= 15 is 0 Å². The van der Waals surface area contributed by atoms with Crippen LogP contribution < -0.4 is 0 Å². The molecule has 0 aromatic heterocycles. The number of nitrogens with zero attached hydrogens (tertiary/aromatic N) is 2. The maximum atomic E-state index is 10.6. The summed E-state index contributed by atoms with van der Waals surface area (Å²) in [7, 11) is 1.09. The maximum Gasteiger partial charge on any atom is 0.511 e. The van der Waals surface area contributed by atoms with Gasteiger partial charge in [0.15, 0.2) is 0 Å². The molecule has 0 saturated carbocycles. The van der Waals surface area contributed by atoms with Crippen molar-refractivity contribution in [2.24, 2.45) is 0 Å². The molecule has 0 amide bonds. The first-order valence-corrected chi connectivity index (χ1v) is 4.18. The van der Waals surface area contributed by atoms with Crippen molar-refractivity contribution in [3.8, 4) is 0 Å². The van der Waals surface area contributed by atoms with Crippen molar-refractivity contribution in [2.45, 2.75) is 17.4 Å². The van der Waals surface area contributed by atoms with Crippen LogP contribution in [0.2, 0.25) is 0 Å². The van der Waals surface area contributed by atoms with E-state index < -0.39 is 33.2 Å². The van der Waals surface area contributed by atoms with Crippen molar-refractivity contribution >= 4 is 21.9 Å². The van der Waals surface area contributed by atoms with E-state index in [0.29, 0.717) is 0 Å². The van der Waals surface area contributed by atoms with Gasteiger partial charge in [0.1, 0.15) is 16.3 Å². The summed E-state index contributed by atoms with van der Waals surface area (Å²) in [6.45, 7) is 0. The minimum Gasteiger partial charge on any atom is -0.469 e. The molecule has 0 aromatic carbocycles. The van der Waals surface area contributed by atoms with E-state index in [1.165, 1.54) is 0 Å². The van der Waals surface area contributed by atoms with E-state index in [2.05, 4.69) is 20.7 Å². The van der Waals surface area contributed by atoms with Crippen LogP contribution in [0.3, 0.4) is 0 Å². The Morgan fingerprint density at radius 1 is 1.43 bits per heavy atom. The summed E-state index contributed by atoms with van der Waals surface area (Å²) in [6, 6.07) is 0. The molecule has 0 heterocycles. The van der Waals surface area contributed by atoms with Crippen LogP contribution >= 0.6 is 15.9 Å². The van der Waals surface area contributed by atoms with Crippen LogP contribution in [0.15, 0.2) is 0 Å². The Morgan fingerprint density at radius 3 is 2.14 bits per heavy atom. The first kappa shape index (κ1) is 12.8. The van der Waals surface area contributed by atoms with Crippen LogP contribution in [0, 0.1) is 20.2 Å². The Labute approximate surface area is 86.6 Å². The monoisotopic (exact) mass is 270 g/mol. The summed E-state index contributed by atoms with van der Waals surface area (Å²) in [5.41, 5.74) is 0. The lowest BCUT2D eigenvalue weighted by Gasteiger charge is -2.09. The smallest absolute Gasteiger partial charge is 0.469 e. The molecule has 0 aliphatic heterocycles. The van der Waals surface area contributed by atoms with Crippen molar-refractivity contribution in [2.75, 3.05) is 7.11 Å². The molecule has 0 radical (unpaired) electrons. The second-order valence-corrected chi connectivity index (χ2v) is 3.58. The molecular formula is C5H7BrN2O6. The van der Waals surface area contributed by atoms with E-state index in [9.17, 15) is 25.0 Å². The molecule has 0 aromatic rings. The number of esters is 1. The zero-order valence-corrected chi connectivity index (χ0v) is 8.72. The quantitative estimate of drug-likeness (QED) is 0.180. The number of rotatable bonds is 5. The number of methoxy groups -OCH3 is 1. The molecule has 0 spiro atoms. The van der Waals surface area contributed by atoms with Crippen LogP contribution in [-0.2, 0) is 9.53 Å². The minimum absolute atomic E-state index is 0.399. The fourth-order valence-corrected chi connectivity index (χ4v) is 0.811. The number of carbonyl (C=O) groups excluding carboxylic acids is 1. The van der Waals surface area contributed by atoms with Gasteiger partial charge in [-0.05, 0) is 0 Å². The van der Waals surface area contributed by atoms with Crippen molar-refractivity contribution in [1.29, 1.82) is 0 Å². The highest BCUT2D eigenvalue weighted by Gasteiger charge is 2.53. The van der Waals surface area contributed by atoms with Gasteiger partial charge in [-0.2, -0.15) is 0 Å². The van der Waals surface area contributed by atoms with Crippen LogP contribution in [0.4, 0.5) is 0 Å². The van der Waals surface area contributed by atoms with Gasteiger partial charge in [0, 0.05) is 0 Å². The second kappa shape index (κ2) is 4.84. The molecule has 0 aliphatic rings. The summed E-state index contributed by atoms with van der Waals surface area (Å²) in [5.74, 6) is -0.738. The van der Waals surface area contributed by atoms with Gasteiger partial charge in [-0.25, -0.2) is 0 Å². The molecule has 14 heavy (non-hydrogen) atoms. The SMILES string of the molecule is COC(=O)CCC(Br)([N+](=O)[O-])[N+](=O)[O-]. The highest BCUT2D eigenvalue weighted by Crippen LogP contribution is 2.25. The van der Waals surface area contributed by atoms with Crippen molar-refractivity contribution in [3.05, 3.63) is 20.2 Å². The summed E-state index contributed by atoms with van der Waals surface area (Å²) < 4.78 is 1.69. The Hall–Kier alpha value is -1.25. The van der Waals surface area contributed by atoms with Crippen LogP contribution in [0.5, 0.6) is 0 Å². The van der Waals surface area contributed by atoms with Crippen LogP contribution in [-0.4, -0.2) is 27.5 Å². The van der Waals surface area contributed by atoms with Crippen molar-refractivity contribution in [1.82, 2.24) is 0 Å². The number of ether oxygens (including phenoxy) is 1. The summed E-state index contributed by atoms with van der Waals surface area (Å²) in [4.78, 5) is 29.1. The molecule has 0 unspecified atom stereocenters. The van der Waals surface area contributed by atoms with E-state index in [-0.39, 0.29) is 0 Å².